The molecular formula is C18H16N2O3. The molecular weight excluding hydrogens is 292 g/mol. The molecule has 0 radical (unpaired) electrons. The number of amides is 1. The Morgan fingerprint density at radius 3 is 2.35 bits per heavy atom. The number of aliphatic carboxylic acids is 1. The largest absolute Gasteiger partial charge is 0.481 e. The maximum Gasteiger partial charge on any atom is 0.318 e. The molecule has 5 heteroatoms. The summed E-state index contributed by atoms with van der Waals surface area (Å²) in [5, 5.41) is 12.0. The van der Waals surface area contributed by atoms with Crippen LogP contribution in [0.2, 0.25) is 0 Å². The molecule has 1 amide bonds. The second-order valence-corrected chi connectivity index (χ2v) is 5.50. The minimum atomic E-state index is -1.23. The van der Waals surface area contributed by atoms with Crippen LogP contribution in [0.5, 0.6) is 0 Å². The molecule has 0 saturated heterocycles. The molecule has 0 aliphatic carbocycles. The minimum Gasteiger partial charge on any atom is -0.481 e. The average molecular weight is 308 g/mol. The van der Waals surface area contributed by atoms with E-state index in [1.54, 1.807) is 0 Å². The van der Waals surface area contributed by atoms with Crippen LogP contribution in [0.25, 0.3) is 0 Å². The number of carboxylic acids is 1. The van der Waals surface area contributed by atoms with Crippen molar-refractivity contribution in [1.82, 2.24) is 5.32 Å². The molecule has 0 bridgehead atoms. The molecule has 0 spiro atoms. The lowest BCUT2D eigenvalue weighted by molar-refractivity contribution is -0.147. The van der Waals surface area contributed by atoms with E-state index in [-0.39, 0.29) is 0 Å². The van der Waals surface area contributed by atoms with Crippen molar-refractivity contribution in [2.24, 2.45) is 10.9 Å². The number of amidine groups is 1. The van der Waals surface area contributed by atoms with E-state index in [0.29, 0.717) is 11.4 Å². The maximum atomic E-state index is 12.3. The summed E-state index contributed by atoms with van der Waals surface area (Å²) in [7, 11) is 0. The molecule has 116 valence electrons. The van der Waals surface area contributed by atoms with Gasteiger partial charge in [0.1, 0.15) is 5.84 Å². The number of nitrogens with one attached hydrogen (secondary N) is 1. The van der Waals surface area contributed by atoms with Crippen molar-refractivity contribution in [1.29, 1.82) is 0 Å². The molecule has 5 nitrogen and oxygen atoms in total. The van der Waals surface area contributed by atoms with Gasteiger partial charge in [-0.3, -0.25) is 14.6 Å². The third kappa shape index (κ3) is 2.99. The maximum absolute atomic E-state index is 12.3. The summed E-state index contributed by atoms with van der Waals surface area (Å²) < 4.78 is 0. The van der Waals surface area contributed by atoms with Crippen LogP contribution in [0, 0.1) is 12.8 Å². The molecule has 1 aliphatic heterocycles. The van der Waals surface area contributed by atoms with Crippen LogP contribution in [0.1, 0.15) is 22.7 Å². The zero-order chi connectivity index (χ0) is 16.4. The first-order valence-electron chi connectivity index (χ1n) is 7.30. The number of carboxylic acid groups (broad SMARTS) is 1. The number of hydrogen-bond donors (Lipinski definition) is 2. The molecule has 1 heterocycles. The van der Waals surface area contributed by atoms with Gasteiger partial charge in [-0.25, -0.2) is 0 Å². The summed E-state index contributed by atoms with van der Waals surface area (Å²) in [5.74, 6) is -2.55. The van der Waals surface area contributed by atoms with Gasteiger partial charge in [0.05, 0.1) is 6.04 Å². The number of carbonyl (C=O) groups is 2. The monoisotopic (exact) mass is 308 g/mol. The van der Waals surface area contributed by atoms with Crippen LogP contribution in [0.3, 0.4) is 0 Å². The van der Waals surface area contributed by atoms with E-state index < -0.39 is 23.8 Å². The normalized spacial score (nSPS) is 20.6. The molecule has 1 aliphatic rings. The molecule has 2 atom stereocenters. The van der Waals surface area contributed by atoms with Crippen LogP contribution >= 0.6 is 0 Å². The average Bonchev–Trinajstić information content (AvgIpc) is 2.55. The van der Waals surface area contributed by atoms with Gasteiger partial charge >= 0.3 is 5.97 Å². The summed E-state index contributed by atoms with van der Waals surface area (Å²) in [4.78, 5) is 28.3. The van der Waals surface area contributed by atoms with Gasteiger partial charge in [-0.1, -0.05) is 60.2 Å². The number of nitrogens with zero attached hydrogens (tertiary/aromatic N) is 1. The number of carbonyl (C=O) groups excluding carboxylic acids is 1. The Kier molecular flexibility index (Phi) is 3.93. The number of benzene rings is 2. The van der Waals surface area contributed by atoms with Crippen molar-refractivity contribution < 1.29 is 14.7 Å². The van der Waals surface area contributed by atoms with Crippen LogP contribution < -0.4 is 5.32 Å². The number of hydrogen-bond acceptors (Lipinski definition) is 3. The van der Waals surface area contributed by atoms with E-state index in [1.807, 2.05) is 61.5 Å². The Bertz CT molecular complexity index is 767. The minimum absolute atomic E-state index is 0.402. The Morgan fingerprint density at radius 2 is 1.74 bits per heavy atom. The van der Waals surface area contributed by atoms with Crippen molar-refractivity contribution in [2.75, 3.05) is 0 Å². The molecule has 2 aromatic rings. The number of aryl methyl sites for hydroxylation is 1. The fourth-order valence-corrected chi connectivity index (χ4v) is 2.60. The summed E-state index contributed by atoms with van der Waals surface area (Å²) in [6.07, 6.45) is 0. The summed E-state index contributed by atoms with van der Waals surface area (Å²) in [6.45, 7) is 1.95. The molecule has 2 N–H and O–H groups in total. The van der Waals surface area contributed by atoms with E-state index >= 15 is 0 Å². The highest BCUT2D eigenvalue weighted by Gasteiger charge is 2.39. The van der Waals surface area contributed by atoms with Gasteiger partial charge < -0.3 is 10.4 Å². The Hall–Kier alpha value is -2.95. The van der Waals surface area contributed by atoms with E-state index in [9.17, 15) is 14.7 Å². The van der Waals surface area contributed by atoms with Crippen LogP contribution in [-0.4, -0.2) is 22.8 Å². The van der Waals surface area contributed by atoms with Crippen molar-refractivity contribution in [3.8, 4) is 0 Å². The first kappa shape index (κ1) is 15.0. The fraction of sp³-hybridized carbons (Fsp3) is 0.167. The SMILES string of the molecule is Cc1ccc(C2N=C(c3ccccc3)NC(=O)C2C(=O)O)cc1. The fourth-order valence-electron chi connectivity index (χ4n) is 2.60. The number of rotatable bonds is 3. The molecule has 3 rings (SSSR count). The Balaban J connectivity index is 2.08. The molecule has 23 heavy (non-hydrogen) atoms. The first-order chi connectivity index (χ1) is 11.1. The Labute approximate surface area is 133 Å². The predicted molar refractivity (Wildman–Crippen MR) is 86.2 cm³/mol. The van der Waals surface area contributed by atoms with Crippen molar-refractivity contribution >= 4 is 17.7 Å². The second-order valence-electron chi connectivity index (χ2n) is 5.50. The predicted octanol–water partition coefficient (Wildman–Crippen LogP) is 2.31. The third-order valence-corrected chi connectivity index (χ3v) is 3.84. The van der Waals surface area contributed by atoms with Gasteiger partial charge in [0.15, 0.2) is 5.92 Å². The smallest absolute Gasteiger partial charge is 0.318 e. The Morgan fingerprint density at radius 1 is 1.09 bits per heavy atom. The zero-order valence-corrected chi connectivity index (χ0v) is 12.6. The van der Waals surface area contributed by atoms with Crippen LogP contribution in [0.4, 0.5) is 0 Å². The lowest BCUT2D eigenvalue weighted by Crippen LogP contribution is -2.46. The van der Waals surface area contributed by atoms with E-state index in [4.69, 9.17) is 0 Å². The molecule has 0 saturated carbocycles. The van der Waals surface area contributed by atoms with Crippen molar-refractivity contribution in [3.05, 3.63) is 71.3 Å². The first-order valence-corrected chi connectivity index (χ1v) is 7.30. The van der Waals surface area contributed by atoms with E-state index in [2.05, 4.69) is 10.3 Å². The standard InChI is InChI=1S/C18H16N2O3/c1-11-7-9-12(10-8-11)15-14(18(22)23)17(21)20-16(19-15)13-5-3-2-4-6-13/h2-10,14-15H,1H3,(H,22,23)(H,19,20,21). The van der Waals surface area contributed by atoms with Gasteiger partial charge in [-0.15, -0.1) is 0 Å². The quantitative estimate of drug-likeness (QED) is 0.854. The lowest BCUT2D eigenvalue weighted by Gasteiger charge is -2.27. The highest BCUT2D eigenvalue weighted by atomic mass is 16.4. The second kappa shape index (κ2) is 6.04. The third-order valence-electron chi connectivity index (χ3n) is 3.84. The van der Waals surface area contributed by atoms with Crippen LogP contribution in [0.15, 0.2) is 59.6 Å². The molecule has 0 aromatic heterocycles. The highest BCUT2D eigenvalue weighted by molar-refractivity contribution is 6.14. The lowest BCUT2D eigenvalue weighted by atomic mass is 9.90. The van der Waals surface area contributed by atoms with E-state index in [0.717, 1.165) is 11.1 Å². The van der Waals surface area contributed by atoms with Crippen molar-refractivity contribution in [2.45, 2.75) is 13.0 Å². The zero-order valence-electron chi connectivity index (χ0n) is 12.6. The molecule has 0 fully saturated rings. The number of aliphatic imine (C=N–C) groups is 1. The van der Waals surface area contributed by atoms with Gasteiger partial charge in [0.2, 0.25) is 5.91 Å². The van der Waals surface area contributed by atoms with E-state index in [1.165, 1.54) is 0 Å². The van der Waals surface area contributed by atoms with Crippen LogP contribution in [-0.2, 0) is 9.59 Å². The van der Waals surface area contributed by atoms with Gasteiger partial charge in [-0.2, -0.15) is 0 Å². The highest BCUT2D eigenvalue weighted by Crippen LogP contribution is 2.30. The summed E-state index contributed by atoms with van der Waals surface area (Å²) >= 11 is 0. The van der Waals surface area contributed by atoms with Gasteiger partial charge in [-0.05, 0) is 12.5 Å². The summed E-state index contributed by atoms with van der Waals surface area (Å²) in [5.41, 5.74) is 2.53. The summed E-state index contributed by atoms with van der Waals surface area (Å²) in [6, 6.07) is 15.9. The molecule has 2 unspecified atom stereocenters. The van der Waals surface area contributed by atoms with Gasteiger partial charge in [0.25, 0.3) is 0 Å². The molecule has 2 aromatic carbocycles. The van der Waals surface area contributed by atoms with Crippen molar-refractivity contribution in [3.63, 3.8) is 0 Å². The van der Waals surface area contributed by atoms with Gasteiger partial charge in [0, 0.05) is 5.56 Å². The topological polar surface area (TPSA) is 78.8 Å².